The SMILES string of the molecule is OCCCCN1CCN(c2ncc(Cl)cc2Cl)CC1. The molecule has 0 aliphatic carbocycles. The van der Waals surface area contributed by atoms with Crippen molar-refractivity contribution in [3.8, 4) is 0 Å². The first kappa shape index (κ1) is 14.9. The number of anilines is 1. The third kappa shape index (κ3) is 4.21. The summed E-state index contributed by atoms with van der Waals surface area (Å²) in [4.78, 5) is 8.92. The lowest BCUT2D eigenvalue weighted by molar-refractivity contribution is 0.232. The van der Waals surface area contributed by atoms with E-state index in [0.717, 1.165) is 51.4 Å². The quantitative estimate of drug-likeness (QED) is 0.847. The van der Waals surface area contributed by atoms with Crippen LogP contribution in [0.2, 0.25) is 10.0 Å². The predicted octanol–water partition coefficient (Wildman–Crippen LogP) is 2.28. The van der Waals surface area contributed by atoms with Gasteiger partial charge in [0.2, 0.25) is 0 Å². The van der Waals surface area contributed by atoms with Gasteiger partial charge >= 0.3 is 0 Å². The molecule has 1 aromatic heterocycles. The van der Waals surface area contributed by atoms with Gasteiger partial charge in [0.25, 0.3) is 0 Å². The van der Waals surface area contributed by atoms with Gasteiger partial charge in [0.1, 0.15) is 5.82 Å². The van der Waals surface area contributed by atoms with E-state index < -0.39 is 0 Å². The Hall–Kier alpha value is -0.550. The van der Waals surface area contributed by atoms with E-state index in [4.69, 9.17) is 28.3 Å². The molecule has 0 bridgehead atoms. The van der Waals surface area contributed by atoms with Crippen molar-refractivity contribution in [2.75, 3.05) is 44.2 Å². The normalized spacial score (nSPS) is 16.9. The summed E-state index contributed by atoms with van der Waals surface area (Å²) >= 11 is 12.0. The zero-order valence-corrected chi connectivity index (χ0v) is 12.4. The molecule has 19 heavy (non-hydrogen) atoms. The molecule has 0 saturated carbocycles. The first-order valence-corrected chi connectivity index (χ1v) is 7.35. The largest absolute Gasteiger partial charge is 0.396 e. The predicted molar refractivity (Wildman–Crippen MR) is 79.2 cm³/mol. The maximum atomic E-state index is 8.78. The van der Waals surface area contributed by atoms with Crippen LogP contribution in [-0.2, 0) is 0 Å². The van der Waals surface area contributed by atoms with Crippen LogP contribution in [0, 0.1) is 0 Å². The van der Waals surface area contributed by atoms with E-state index in [1.54, 1.807) is 12.3 Å². The second-order valence-corrected chi connectivity index (χ2v) is 5.56. The average molecular weight is 304 g/mol. The summed E-state index contributed by atoms with van der Waals surface area (Å²) in [5, 5.41) is 9.96. The van der Waals surface area contributed by atoms with Crippen LogP contribution in [0.25, 0.3) is 0 Å². The summed E-state index contributed by atoms with van der Waals surface area (Å²) in [6, 6.07) is 1.74. The number of piperazine rings is 1. The Morgan fingerprint density at radius 3 is 2.53 bits per heavy atom. The van der Waals surface area contributed by atoms with Crippen molar-refractivity contribution in [2.45, 2.75) is 12.8 Å². The average Bonchev–Trinajstić information content (AvgIpc) is 2.40. The molecule has 6 heteroatoms. The van der Waals surface area contributed by atoms with Crippen LogP contribution in [0.4, 0.5) is 5.82 Å². The Balaban J connectivity index is 1.85. The molecule has 2 heterocycles. The summed E-state index contributed by atoms with van der Waals surface area (Å²) < 4.78 is 0. The van der Waals surface area contributed by atoms with Gasteiger partial charge in [-0.05, 0) is 25.5 Å². The van der Waals surface area contributed by atoms with E-state index in [0.29, 0.717) is 10.0 Å². The molecule has 0 spiro atoms. The van der Waals surface area contributed by atoms with E-state index in [1.165, 1.54) is 0 Å². The van der Waals surface area contributed by atoms with Crippen molar-refractivity contribution in [2.24, 2.45) is 0 Å². The molecule has 0 aromatic carbocycles. The van der Waals surface area contributed by atoms with Gasteiger partial charge in [-0.25, -0.2) is 4.98 Å². The van der Waals surface area contributed by atoms with Crippen molar-refractivity contribution < 1.29 is 5.11 Å². The zero-order valence-electron chi connectivity index (χ0n) is 10.9. The molecular formula is C13H19Cl2N3O. The number of hydrogen-bond acceptors (Lipinski definition) is 4. The molecular weight excluding hydrogens is 285 g/mol. The molecule has 0 amide bonds. The van der Waals surface area contributed by atoms with Gasteiger partial charge in [0, 0.05) is 39.0 Å². The molecule has 1 aliphatic heterocycles. The minimum absolute atomic E-state index is 0.282. The topological polar surface area (TPSA) is 39.6 Å². The highest BCUT2D eigenvalue weighted by Crippen LogP contribution is 2.26. The van der Waals surface area contributed by atoms with E-state index in [-0.39, 0.29) is 6.61 Å². The van der Waals surface area contributed by atoms with Gasteiger partial charge in [-0.1, -0.05) is 23.2 Å². The monoisotopic (exact) mass is 303 g/mol. The van der Waals surface area contributed by atoms with Gasteiger partial charge in [-0.15, -0.1) is 0 Å². The molecule has 1 aliphatic rings. The first-order valence-electron chi connectivity index (χ1n) is 6.60. The summed E-state index contributed by atoms with van der Waals surface area (Å²) in [5.74, 6) is 0.820. The molecule has 0 radical (unpaired) electrons. The fourth-order valence-corrected chi connectivity index (χ4v) is 2.77. The molecule has 1 aromatic rings. The van der Waals surface area contributed by atoms with Gasteiger partial charge in [0.15, 0.2) is 0 Å². The highest BCUT2D eigenvalue weighted by atomic mass is 35.5. The Kier molecular flexibility index (Phi) is 5.70. The Bertz CT molecular complexity index is 409. The Morgan fingerprint density at radius 2 is 1.89 bits per heavy atom. The Labute approximate surface area is 123 Å². The number of hydrogen-bond donors (Lipinski definition) is 1. The fourth-order valence-electron chi connectivity index (χ4n) is 2.27. The van der Waals surface area contributed by atoms with Crippen LogP contribution in [0.5, 0.6) is 0 Å². The standard InChI is InChI=1S/C13H19Cl2N3O/c14-11-9-12(15)13(16-10-11)18-6-4-17(5-7-18)3-1-2-8-19/h9-10,19H,1-8H2. The third-order valence-corrected chi connectivity index (χ3v) is 3.83. The molecule has 1 saturated heterocycles. The smallest absolute Gasteiger partial charge is 0.147 e. The summed E-state index contributed by atoms with van der Waals surface area (Å²) in [5.41, 5.74) is 0. The fraction of sp³-hybridized carbons (Fsp3) is 0.615. The zero-order chi connectivity index (χ0) is 13.7. The Morgan fingerprint density at radius 1 is 1.16 bits per heavy atom. The van der Waals surface area contributed by atoms with Crippen LogP contribution in [-0.4, -0.2) is 54.3 Å². The number of nitrogens with zero attached hydrogens (tertiary/aromatic N) is 3. The molecule has 4 nitrogen and oxygen atoms in total. The van der Waals surface area contributed by atoms with Gasteiger partial charge in [-0.3, -0.25) is 4.90 Å². The minimum atomic E-state index is 0.282. The number of aliphatic hydroxyl groups is 1. The summed E-state index contributed by atoms with van der Waals surface area (Å²) in [6.07, 6.45) is 3.57. The van der Waals surface area contributed by atoms with Crippen molar-refractivity contribution in [3.05, 3.63) is 22.3 Å². The third-order valence-electron chi connectivity index (χ3n) is 3.34. The molecule has 2 rings (SSSR count). The van der Waals surface area contributed by atoms with Crippen LogP contribution < -0.4 is 4.90 Å². The second-order valence-electron chi connectivity index (χ2n) is 4.72. The van der Waals surface area contributed by atoms with E-state index in [9.17, 15) is 0 Å². The lowest BCUT2D eigenvalue weighted by Crippen LogP contribution is -2.47. The van der Waals surface area contributed by atoms with Gasteiger partial charge in [-0.2, -0.15) is 0 Å². The van der Waals surface area contributed by atoms with Crippen molar-refractivity contribution in [3.63, 3.8) is 0 Å². The lowest BCUT2D eigenvalue weighted by atomic mass is 10.2. The van der Waals surface area contributed by atoms with Crippen LogP contribution in [0.15, 0.2) is 12.3 Å². The molecule has 1 N–H and O–H groups in total. The molecule has 0 unspecified atom stereocenters. The maximum Gasteiger partial charge on any atom is 0.147 e. The van der Waals surface area contributed by atoms with Crippen molar-refractivity contribution in [1.82, 2.24) is 9.88 Å². The number of halogens is 2. The van der Waals surface area contributed by atoms with E-state index >= 15 is 0 Å². The van der Waals surface area contributed by atoms with Gasteiger partial charge < -0.3 is 10.0 Å². The summed E-state index contributed by atoms with van der Waals surface area (Å²) in [6.45, 7) is 5.19. The number of pyridine rings is 1. The number of aliphatic hydroxyl groups excluding tert-OH is 1. The number of unbranched alkanes of at least 4 members (excludes halogenated alkanes) is 1. The summed E-state index contributed by atoms with van der Waals surface area (Å²) in [7, 11) is 0. The molecule has 1 fully saturated rings. The number of aromatic nitrogens is 1. The van der Waals surface area contributed by atoms with E-state index in [1.807, 2.05) is 0 Å². The minimum Gasteiger partial charge on any atom is -0.396 e. The van der Waals surface area contributed by atoms with Crippen molar-refractivity contribution in [1.29, 1.82) is 0 Å². The van der Waals surface area contributed by atoms with Gasteiger partial charge in [0.05, 0.1) is 10.0 Å². The number of rotatable bonds is 5. The lowest BCUT2D eigenvalue weighted by Gasteiger charge is -2.35. The second kappa shape index (κ2) is 7.29. The van der Waals surface area contributed by atoms with E-state index in [2.05, 4.69) is 14.8 Å². The highest BCUT2D eigenvalue weighted by Gasteiger charge is 2.19. The molecule has 106 valence electrons. The highest BCUT2D eigenvalue weighted by molar-refractivity contribution is 6.36. The maximum absolute atomic E-state index is 8.78. The van der Waals surface area contributed by atoms with Crippen molar-refractivity contribution >= 4 is 29.0 Å². The van der Waals surface area contributed by atoms with Crippen LogP contribution in [0.1, 0.15) is 12.8 Å². The molecule has 0 atom stereocenters. The first-order chi connectivity index (χ1) is 9.20. The van der Waals surface area contributed by atoms with Crippen LogP contribution in [0.3, 0.4) is 0 Å². The van der Waals surface area contributed by atoms with Crippen LogP contribution >= 0.6 is 23.2 Å².